The Labute approximate surface area is 148 Å². The molecule has 1 aliphatic heterocycles. The van der Waals surface area contributed by atoms with Crippen molar-refractivity contribution >= 4 is 6.03 Å². The van der Waals surface area contributed by atoms with E-state index in [2.05, 4.69) is 22.6 Å². The highest BCUT2D eigenvalue weighted by Gasteiger charge is 2.17. The number of carbonyl (C=O) groups is 1. The van der Waals surface area contributed by atoms with Crippen molar-refractivity contribution in [3.05, 3.63) is 54.0 Å². The van der Waals surface area contributed by atoms with Gasteiger partial charge in [0.05, 0.1) is 12.5 Å². The zero-order chi connectivity index (χ0) is 17.5. The standard InChI is InChI=1S/C19H25N3O3/c1-22-9-6-18(7-10-22)25-17-4-2-15(3-5-17)12-20-19(23)21-13-16-8-11-24-14-16/h2-5,8,11,14,18H,6-7,9-10,12-13H2,1H3,(H2,20,21,23). The van der Waals surface area contributed by atoms with Gasteiger partial charge in [-0.15, -0.1) is 0 Å². The predicted octanol–water partition coefficient (Wildman–Crippen LogP) is 2.75. The van der Waals surface area contributed by atoms with E-state index in [0.717, 1.165) is 42.8 Å². The van der Waals surface area contributed by atoms with Gasteiger partial charge in [-0.2, -0.15) is 0 Å². The first-order valence-corrected chi connectivity index (χ1v) is 8.66. The summed E-state index contributed by atoms with van der Waals surface area (Å²) < 4.78 is 11.0. The van der Waals surface area contributed by atoms with Crippen LogP contribution in [0.4, 0.5) is 4.79 Å². The number of carbonyl (C=O) groups excluding carboxylic acids is 1. The van der Waals surface area contributed by atoms with Crippen LogP contribution in [0.3, 0.4) is 0 Å². The van der Waals surface area contributed by atoms with Crippen molar-refractivity contribution < 1.29 is 13.9 Å². The molecule has 1 aromatic heterocycles. The molecule has 0 saturated carbocycles. The van der Waals surface area contributed by atoms with E-state index in [-0.39, 0.29) is 6.03 Å². The quantitative estimate of drug-likeness (QED) is 0.846. The molecule has 6 heteroatoms. The Hall–Kier alpha value is -2.47. The van der Waals surface area contributed by atoms with Crippen LogP contribution >= 0.6 is 0 Å². The molecule has 3 rings (SSSR count). The molecular weight excluding hydrogens is 318 g/mol. The lowest BCUT2D eigenvalue weighted by atomic mass is 10.1. The van der Waals surface area contributed by atoms with Gasteiger partial charge in [0, 0.05) is 31.7 Å². The molecule has 0 atom stereocenters. The van der Waals surface area contributed by atoms with E-state index in [1.54, 1.807) is 12.5 Å². The third-order valence-corrected chi connectivity index (χ3v) is 4.38. The summed E-state index contributed by atoms with van der Waals surface area (Å²) in [5.74, 6) is 0.891. The van der Waals surface area contributed by atoms with Crippen LogP contribution in [0.15, 0.2) is 47.3 Å². The van der Waals surface area contributed by atoms with E-state index in [9.17, 15) is 4.79 Å². The lowest BCUT2D eigenvalue weighted by molar-refractivity contribution is 0.114. The van der Waals surface area contributed by atoms with Gasteiger partial charge in [-0.1, -0.05) is 12.1 Å². The average Bonchev–Trinajstić information content (AvgIpc) is 3.15. The Kier molecular flexibility index (Phi) is 5.95. The minimum Gasteiger partial charge on any atom is -0.490 e. The third-order valence-electron chi connectivity index (χ3n) is 4.38. The maximum Gasteiger partial charge on any atom is 0.315 e. The van der Waals surface area contributed by atoms with Gasteiger partial charge >= 0.3 is 6.03 Å². The van der Waals surface area contributed by atoms with Crippen LogP contribution in [-0.4, -0.2) is 37.2 Å². The van der Waals surface area contributed by atoms with Gasteiger partial charge in [-0.05, 0) is 43.7 Å². The zero-order valence-electron chi connectivity index (χ0n) is 14.5. The molecule has 2 aromatic rings. The molecule has 1 aliphatic rings. The molecule has 25 heavy (non-hydrogen) atoms. The zero-order valence-corrected chi connectivity index (χ0v) is 14.5. The van der Waals surface area contributed by atoms with Crippen molar-refractivity contribution in [3.63, 3.8) is 0 Å². The summed E-state index contributed by atoms with van der Waals surface area (Å²) in [6, 6.07) is 9.54. The predicted molar refractivity (Wildman–Crippen MR) is 95.4 cm³/mol. The van der Waals surface area contributed by atoms with Gasteiger partial charge in [0.2, 0.25) is 0 Å². The summed E-state index contributed by atoms with van der Waals surface area (Å²) in [5, 5.41) is 5.63. The number of nitrogens with zero attached hydrogens (tertiary/aromatic N) is 1. The molecule has 0 unspecified atom stereocenters. The van der Waals surface area contributed by atoms with E-state index in [0.29, 0.717) is 19.2 Å². The van der Waals surface area contributed by atoms with Gasteiger partial charge in [0.1, 0.15) is 11.9 Å². The van der Waals surface area contributed by atoms with E-state index in [4.69, 9.17) is 9.15 Å². The fourth-order valence-corrected chi connectivity index (χ4v) is 2.80. The van der Waals surface area contributed by atoms with Crippen molar-refractivity contribution in [3.8, 4) is 5.75 Å². The third kappa shape index (κ3) is 5.53. The van der Waals surface area contributed by atoms with E-state index in [1.165, 1.54) is 0 Å². The highest BCUT2D eigenvalue weighted by atomic mass is 16.5. The number of amides is 2. The van der Waals surface area contributed by atoms with Gasteiger partial charge in [-0.3, -0.25) is 0 Å². The van der Waals surface area contributed by atoms with Crippen LogP contribution in [-0.2, 0) is 13.1 Å². The highest BCUT2D eigenvalue weighted by Crippen LogP contribution is 2.19. The van der Waals surface area contributed by atoms with Gasteiger partial charge in [0.25, 0.3) is 0 Å². The summed E-state index contributed by atoms with van der Waals surface area (Å²) in [5.41, 5.74) is 1.97. The van der Waals surface area contributed by atoms with Crippen molar-refractivity contribution in [2.24, 2.45) is 0 Å². The smallest absolute Gasteiger partial charge is 0.315 e. The molecule has 2 amide bonds. The van der Waals surface area contributed by atoms with Crippen molar-refractivity contribution in [1.82, 2.24) is 15.5 Å². The number of ether oxygens (including phenoxy) is 1. The number of furan rings is 1. The number of hydrogen-bond acceptors (Lipinski definition) is 4. The second kappa shape index (κ2) is 8.58. The Bertz CT molecular complexity index is 647. The minimum atomic E-state index is -0.201. The highest BCUT2D eigenvalue weighted by molar-refractivity contribution is 5.73. The van der Waals surface area contributed by atoms with Crippen LogP contribution in [0.25, 0.3) is 0 Å². The molecule has 0 radical (unpaired) electrons. The average molecular weight is 343 g/mol. The normalized spacial score (nSPS) is 15.7. The number of rotatable bonds is 6. The first-order chi connectivity index (χ1) is 12.2. The SMILES string of the molecule is CN1CCC(Oc2ccc(CNC(=O)NCc3ccoc3)cc2)CC1. The van der Waals surface area contributed by atoms with Crippen molar-refractivity contribution in [1.29, 1.82) is 0 Å². The molecule has 6 nitrogen and oxygen atoms in total. The summed E-state index contributed by atoms with van der Waals surface area (Å²) in [6.07, 6.45) is 5.63. The topological polar surface area (TPSA) is 66.7 Å². The van der Waals surface area contributed by atoms with Crippen LogP contribution in [0, 0.1) is 0 Å². The summed E-state index contributed by atoms with van der Waals surface area (Å²) in [7, 11) is 2.14. The van der Waals surface area contributed by atoms with Gasteiger partial charge in [-0.25, -0.2) is 4.79 Å². The summed E-state index contributed by atoms with van der Waals surface area (Å²) in [4.78, 5) is 14.1. The number of urea groups is 1. The van der Waals surface area contributed by atoms with E-state index >= 15 is 0 Å². The van der Waals surface area contributed by atoms with Crippen LogP contribution < -0.4 is 15.4 Å². The number of nitrogens with one attached hydrogen (secondary N) is 2. The molecule has 1 saturated heterocycles. The number of likely N-dealkylation sites (tertiary alicyclic amines) is 1. The lowest BCUT2D eigenvalue weighted by Gasteiger charge is -2.29. The lowest BCUT2D eigenvalue weighted by Crippen LogP contribution is -2.35. The molecular formula is C19H25N3O3. The number of piperidine rings is 1. The molecule has 0 spiro atoms. The van der Waals surface area contributed by atoms with Crippen molar-refractivity contribution in [2.75, 3.05) is 20.1 Å². The van der Waals surface area contributed by atoms with E-state index in [1.807, 2.05) is 30.3 Å². The van der Waals surface area contributed by atoms with Crippen LogP contribution in [0.5, 0.6) is 5.75 Å². The molecule has 0 bridgehead atoms. The Morgan fingerprint density at radius 3 is 2.44 bits per heavy atom. The Balaban J connectivity index is 1.39. The summed E-state index contributed by atoms with van der Waals surface area (Å²) in [6.45, 7) is 3.10. The summed E-state index contributed by atoms with van der Waals surface area (Å²) >= 11 is 0. The minimum absolute atomic E-state index is 0.201. The Morgan fingerprint density at radius 1 is 1.12 bits per heavy atom. The number of benzene rings is 1. The second-order valence-corrected chi connectivity index (χ2v) is 6.43. The van der Waals surface area contributed by atoms with E-state index < -0.39 is 0 Å². The van der Waals surface area contributed by atoms with Crippen LogP contribution in [0.1, 0.15) is 24.0 Å². The van der Waals surface area contributed by atoms with Crippen LogP contribution in [0.2, 0.25) is 0 Å². The first-order valence-electron chi connectivity index (χ1n) is 8.66. The monoisotopic (exact) mass is 343 g/mol. The first kappa shape index (κ1) is 17.4. The molecule has 0 aliphatic carbocycles. The molecule has 134 valence electrons. The van der Waals surface area contributed by atoms with Crippen molar-refractivity contribution in [2.45, 2.75) is 32.0 Å². The number of hydrogen-bond donors (Lipinski definition) is 2. The molecule has 1 aromatic carbocycles. The molecule has 2 N–H and O–H groups in total. The molecule has 2 heterocycles. The largest absolute Gasteiger partial charge is 0.490 e. The maximum atomic E-state index is 11.8. The molecule has 1 fully saturated rings. The maximum absolute atomic E-state index is 11.8. The fourth-order valence-electron chi connectivity index (χ4n) is 2.80. The Morgan fingerprint density at radius 2 is 1.80 bits per heavy atom. The second-order valence-electron chi connectivity index (χ2n) is 6.43. The van der Waals surface area contributed by atoms with Gasteiger partial charge in [0.15, 0.2) is 0 Å². The van der Waals surface area contributed by atoms with Gasteiger partial charge < -0.3 is 24.7 Å². The fraction of sp³-hybridized carbons (Fsp3) is 0.421.